The van der Waals surface area contributed by atoms with Crippen molar-refractivity contribution in [1.29, 1.82) is 0 Å². The van der Waals surface area contributed by atoms with Crippen LogP contribution in [0.15, 0.2) is 61.1 Å². The zero-order valence-electron chi connectivity index (χ0n) is 14.3. The fraction of sp³-hybridized carbons (Fsp3) is 0.200. The number of morpholine rings is 1. The van der Waals surface area contributed by atoms with Crippen LogP contribution in [0, 0.1) is 0 Å². The van der Waals surface area contributed by atoms with Gasteiger partial charge in [-0.3, -0.25) is 4.40 Å². The lowest BCUT2D eigenvalue weighted by Gasteiger charge is -2.30. The quantitative estimate of drug-likeness (QED) is 0.616. The topological polar surface area (TPSA) is 54.7 Å². The zero-order chi connectivity index (χ0) is 17.3. The van der Waals surface area contributed by atoms with E-state index in [0.29, 0.717) is 0 Å². The van der Waals surface area contributed by atoms with E-state index in [0.717, 1.165) is 54.4 Å². The van der Waals surface area contributed by atoms with Crippen molar-refractivity contribution >= 4 is 33.7 Å². The van der Waals surface area contributed by atoms with E-state index in [-0.39, 0.29) is 0 Å². The third kappa shape index (κ3) is 2.55. The summed E-state index contributed by atoms with van der Waals surface area (Å²) in [6, 6.07) is 16.4. The first-order valence-corrected chi connectivity index (χ1v) is 8.80. The van der Waals surface area contributed by atoms with E-state index in [1.807, 2.05) is 36.8 Å². The predicted octanol–water partition coefficient (Wildman–Crippen LogP) is 3.46. The lowest BCUT2D eigenvalue weighted by molar-refractivity contribution is 0.123. The number of nitrogens with zero attached hydrogens (tertiary/aromatic N) is 4. The highest BCUT2D eigenvalue weighted by molar-refractivity contribution is 5.87. The number of rotatable bonds is 3. The van der Waals surface area contributed by atoms with E-state index in [1.165, 1.54) is 5.69 Å². The van der Waals surface area contributed by atoms with Gasteiger partial charge in [0.25, 0.3) is 0 Å². The number of ether oxygens (including phenoxy) is 1. The molecule has 1 N–H and O–H groups in total. The molecule has 0 bridgehead atoms. The van der Waals surface area contributed by atoms with E-state index in [2.05, 4.69) is 43.9 Å². The monoisotopic (exact) mass is 345 g/mol. The number of hydrogen-bond donors (Lipinski definition) is 1. The molecule has 5 rings (SSSR count). The van der Waals surface area contributed by atoms with Crippen LogP contribution in [0.25, 0.3) is 16.6 Å². The van der Waals surface area contributed by atoms with Crippen LogP contribution < -0.4 is 10.2 Å². The highest BCUT2D eigenvalue weighted by atomic mass is 16.5. The van der Waals surface area contributed by atoms with Gasteiger partial charge in [-0.05, 0) is 24.3 Å². The number of anilines is 3. The molecular formula is C20H19N5O. The molecule has 1 saturated heterocycles. The Hall–Kier alpha value is -3.12. The summed E-state index contributed by atoms with van der Waals surface area (Å²) < 4.78 is 7.56. The summed E-state index contributed by atoms with van der Waals surface area (Å²) in [5.74, 6) is 0.807. The van der Waals surface area contributed by atoms with Crippen LogP contribution >= 0.6 is 0 Å². The van der Waals surface area contributed by atoms with Crippen LogP contribution in [-0.2, 0) is 4.74 Å². The number of aromatic nitrogens is 3. The SMILES string of the molecule is c1ccc(N2CCOCC2)c(Nc2nc3ccccc3n3cncc23)c1. The van der Waals surface area contributed by atoms with Gasteiger partial charge in [0.1, 0.15) is 5.52 Å². The van der Waals surface area contributed by atoms with Crippen molar-refractivity contribution in [3.8, 4) is 0 Å². The van der Waals surface area contributed by atoms with Gasteiger partial charge < -0.3 is 15.0 Å². The van der Waals surface area contributed by atoms with E-state index in [4.69, 9.17) is 9.72 Å². The molecule has 26 heavy (non-hydrogen) atoms. The molecule has 0 amide bonds. The van der Waals surface area contributed by atoms with Crippen molar-refractivity contribution < 1.29 is 4.74 Å². The Morgan fingerprint density at radius 3 is 2.65 bits per heavy atom. The van der Waals surface area contributed by atoms with Crippen LogP contribution in [0.5, 0.6) is 0 Å². The lowest BCUT2D eigenvalue weighted by atomic mass is 10.2. The van der Waals surface area contributed by atoms with Gasteiger partial charge in [0.15, 0.2) is 5.82 Å². The predicted molar refractivity (Wildman–Crippen MR) is 103 cm³/mol. The average Bonchev–Trinajstić information content (AvgIpc) is 3.20. The minimum atomic E-state index is 0.759. The van der Waals surface area contributed by atoms with Gasteiger partial charge in [-0.25, -0.2) is 9.97 Å². The Morgan fingerprint density at radius 1 is 0.923 bits per heavy atom. The number of para-hydroxylation sites is 4. The van der Waals surface area contributed by atoms with E-state index >= 15 is 0 Å². The Morgan fingerprint density at radius 2 is 1.73 bits per heavy atom. The van der Waals surface area contributed by atoms with Crippen molar-refractivity contribution in [2.75, 3.05) is 36.5 Å². The second kappa shape index (κ2) is 6.31. The molecule has 1 aliphatic rings. The molecule has 3 heterocycles. The number of benzene rings is 2. The number of imidazole rings is 1. The summed E-state index contributed by atoms with van der Waals surface area (Å²) >= 11 is 0. The van der Waals surface area contributed by atoms with Crippen molar-refractivity contribution in [2.45, 2.75) is 0 Å². The smallest absolute Gasteiger partial charge is 0.157 e. The van der Waals surface area contributed by atoms with Gasteiger partial charge in [-0.1, -0.05) is 24.3 Å². The van der Waals surface area contributed by atoms with Crippen LogP contribution in [0.4, 0.5) is 17.2 Å². The van der Waals surface area contributed by atoms with Gasteiger partial charge in [-0.15, -0.1) is 0 Å². The van der Waals surface area contributed by atoms with Crippen molar-refractivity contribution in [2.24, 2.45) is 0 Å². The fourth-order valence-electron chi connectivity index (χ4n) is 3.48. The normalized spacial score (nSPS) is 14.8. The van der Waals surface area contributed by atoms with Gasteiger partial charge in [0.2, 0.25) is 0 Å². The first kappa shape index (κ1) is 15.2. The van der Waals surface area contributed by atoms with E-state index < -0.39 is 0 Å². The maximum Gasteiger partial charge on any atom is 0.157 e. The summed E-state index contributed by atoms with van der Waals surface area (Å²) in [6.07, 6.45) is 3.68. The van der Waals surface area contributed by atoms with Crippen LogP contribution in [0.2, 0.25) is 0 Å². The largest absolute Gasteiger partial charge is 0.378 e. The zero-order valence-corrected chi connectivity index (χ0v) is 14.3. The summed E-state index contributed by atoms with van der Waals surface area (Å²) in [4.78, 5) is 11.5. The summed E-state index contributed by atoms with van der Waals surface area (Å²) in [7, 11) is 0. The van der Waals surface area contributed by atoms with Gasteiger partial charge >= 0.3 is 0 Å². The van der Waals surface area contributed by atoms with Crippen LogP contribution in [0.1, 0.15) is 0 Å². The van der Waals surface area contributed by atoms with Gasteiger partial charge in [0.05, 0.1) is 48.1 Å². The van der Waals surface area contributed by atoms with Crippen LogP contribution in [-0.4, -0.2) is 40.7 Å². The average molecular weight is 345 g/mol. The molecule has 0 unspecified atom stereocenters. The fourth-order valence-corrected chi connectivity index (χ4v) is 3.48. The Balaban J connectivity index is 1.60. The molecular weight excluding hydrogens is 326 g/mol. The number of hydrogen-bond acceptors (Lipinski definition) is 5. The molecule has 2 aromatic carbocycles. The molecule has 0 atom stereocenters. The van der Waals surface area contributed by atoms with Crippen LogP contribution in [0.3, 0.4) is 0 Å². The van der Waals surface area contributed by atoms with E-state index in [1.54, 1.807) is 0 Å². The standard InChI is InChI=1S/C20H19N5O/c1-3-7-17(24-9-11-26-12-10-24)15(5-1)22-20-19-13-21-14-25(19)18-8-4-2-6-16(18)23-20/h1-8,13-14H,9-12H2,(H,22,23). The lowest BCUT2D eigenvalue weighted by Crippen LogP contribution is -2.36. The van der Waals surface area contributed by atoms with Crippen molar-refractivity contribution in [1.82, 2.24) is 14.4 Å². The molecule has 4 aromatic rings. The molecule has 6 nitrogen and oxygen atoms in total. The first-order valence-electron chi connectivity index (χ1n) is 8.80. The summed E-state index contributed by atoms with van der Waals surface area (Å²) in [5.41, 5.74) is 5.15. The molecule has 0 spiro atoms. The third-order valence-electron chi connectivity index (χ3n) is 4.76. The van der Waals surface area contributed by atoms with Gasteiger partial charge in [0, 0.05) is 13.1 Å². The third-order valence-corrected chi connectivity index (χ3v) is 4.76. The minimum absolute atomic E-state index is 0.759. The number of fused-ring (bicyclic) bond motifs is 3. The second-order valence-electron chi connectivity index (χ2n) is 6.34. The Bertz CT molecular complexity index is 1070. The maximum atomic E-state index is 5.49. The first-order chi connectivity index (χ1) is 12.9. The Labute approximate surface area is 151 Å². The van der Waals surface area contributed by atoms with Crippen molar-refractivity contribution in [3.05, 3.63) is 61.1 Å². The summed E-state index contributed by atoms with van der Waals surface area (Å²) in [5, 5.41) is 3.54. The molecule has 0 saturated carbocycles. The molecule has 1 fully saturated rings. The molecule has 130 valence electrons. The molecule has 1 aliphatic heterocycles. The summed E-state index contributed by atoms with van der Waals surface area (Å²) in [6.45, 7) is 3.31. The van der Waals surface area contributed by atoms with Gasteiger partial charge in [-0.2, -0.15) is 0 Å². The maximum absolute atomic E-state index is 5.49. The highest BCUT2D eigenvalue weighted by Crippen LogP contribution is 2.31. The molecule has 0 aliphatic carbocycles. The Kier molecular flexibility index (Phi) is 3.68. The molecule has 2 aromatic heterocycles. The molecule has 0 radical (unpaired) electrons. The van der Waals surface area contributed by atoms with E-state index in [9.17, 15) is 0 Å². The second-order valence-corrected chi connectivity index (χ2v) is 6.34. The molecule has 6 heteroatoms. The number of nitrogens with one attached hydrogen (secondary N) is 1. The minimum Gasteiger partial charge on any atom is -0.378 e. The highest BCUT2D eigenvalue weighted by Gasteiger charge is 2.16. The van der Waals surface area contributed by atoms with Crippen molar-refractivity contribution in [3.63, 3.8) is 0 Å².